The van der Waals surface area contributed by atoms with Crippen LogP contribution in [-0.2, 0) is 16.1 Å². The van der Waals surface area contributed by atoms with Gasteiger partial charge in [-0.05, 0) is 31.4 Å². The smallest absolute Gasteiger partial charge is 0.356 e. The predicted octanol–water partition coefficient (Wildman–Crippen LogP) is 2.56. The van der Waals surface area contributed by atoms with Crippen molar-refractivity contribution in [3.8, 4) is 0 Å². The Labute approximate surface area is 185 Å². The normalized spacial score (nSPS) is 21.1. The number of hydrogen-bond donors (Lipinski definition) is 2. The minimum absolute atomic E-state index is 0.0473. The number of ether oxygens (including phenoxy) is 1. The van der Waals surface area contributed by atoms with Crippen molar-refractivity contribution in [3.05, 3.63) is 64.2 Å². The SMILES string of the molecule is COC(=O)c1[nH]c2ccccc2c1NC(=O)C(C)N1C[C@H]2C[C@@H](C1)c1cccc(=O)n1C2. The maximum Gasteiger partial charge on any atom is 0.356 e. The van der Waals surface area contributed by atoms with Crippen molar-refractivity contribution in [2.24, 2.45) is 5.92 Å². The lowest BCUT2D eigenvalue weighted by Crippen LogP contribution is -2.52. The number of piperidine rings is 1. The number of likely N-dealkylation sites (tertiary alicyclic amines) is 1. The fourth-order valence-electron chi connectivity index (χ4n) is 5.17. The first-order chi connectivity index (χ1) is 15.5. The van der Waals surface area contributed by atoms with Crippen LogP contribution < -0.4 is 10.9 Å². The van der Waals surface area contributed by atoms with Gasteiger partial charge in [-0.15, -0.1) is 0 Å². The second-order valence-corrected chi connectivity index (χ2v) is 8.73. The quantitative estimate of drug-likeness (QED) is 0.616. The number of esters is 1. The zero-order valence-electron chi connectivity index (χ0n) is 18.1. The van der Waals surface area contributed by atoms with Crippen LogP contribution in [-0.4, -0.2) is 52.6 Å². The van der Waals surface area contributed by atoms with Gasteiger partial charge in [-0.1, -0.05) is 24.3 Å². The number of pyridine rings is 1. The number of anilines is 1. The zero-order valence-corrected chi connectivity index (χ0v) is 18.1. The van der Waals surface area contributed by atoms with Gasteiger partial charge in [-0.3, -0.25) is 14.5 Å². The lowest BCUT2D eigenvalue weighted by Gasteiger charge is -2.44. The summed E-state index contributed by atoms with van der Waals surface area (Å²) >= 11 is 0. The maximum absolute atomic E-state index is 13.3. The topological polar surface area (TPSA) is 96.4 Å². The van der Waals surface area contributed by atoms with Crippen molar-refractivity contribution < 1.29 is 14.3 Å². The van der Waals surface area contributed by atoms with Crippen LogP contribution in [0.1, 0.15) is 35.4 Å². The molecule has 2 N–H and O–H groups in total. The van der Waals surface area contributed by atoms with E-state index in [9.17, 15) is 14.4 Å². The number of nitrogens with zero attached hydrogens (tertiary/aromatic N) is 2. The van der Waals surface area contributed by atoms with Crippen LogP contribution in [0.3, 0.4) is 0 Å². The second-order valence-electron chi connectivity index (χ2n) is 8.73. The summed E-state index contributed by atoms with van der Waals surface area (Å²) in [6, 6.07) is 12.5. The first-order valence-electron chi connectivity index (χ1n) is 10.9. The van der Waals surface area contributed by atoms with E-state index in [4.69, 9.17) is 4.74 Å². The Kier molecular flexibility index (Phi) is 5.09. The fourth-order valence-corrected chi connectivity index (χ4v) is 5.17. The molecule has 3 atom stereocenters. The Balaban J connectivity index is 1.39. The molecule has 2 bridgehead atoms. The van der Waals surface area contributed by atoms with E-state index in [2.05, 4.69) is 15.2 Å². The van der Waals surface area contributed by atoms with Crippen LogP contribution in [0.2, 0.25) is 0 Å². The van der Waals surface area contributed by atoms with Crippen molar-refractivity contribution in [2.75, 3.05) is 25.5 Å². The largest absolute Gasteiger partial charge is 0.464 e. The van der Waals surface area contributed by atoms with Gasteiger partial charge >= 0.3 is 5.97 Å². The highest BCUT2D eigenvalue weighted by molar-refractivity contribution is 6.11. The average Bonchev–Trinajstić information content (AvgIpc) is 3.17. The molecule has 2 aromatic heterocycles. The van der Waals surface area contributed by atoms with Crippen molar-refractivity contribution >= 4 is 28.5 Å². The van der Waals surface area contributed by atoms with E-state index in [0.29, 0.717) is 24.7 Å². The van der Waals surface area contributed by atoms with Crippen LogP contribution in [0, 0.1) is 5.92 Å². The lowest BCUT2D eigenvalue weighted by molar-refractivity contribution is -0.121. The van der Waals surface area contributed by atoms with E-state index in [1.807, 2.05) is 47.9 Å². The van der Waals surface area contributed by atoms with Crippen LogP contribution in [0.4, 0.5) is 5.69 Å². The number of fused-ring (bicyclic) bond motifs is 5. The van der Waals surface area contributed by atoms with Crippen molar-refractivity contribution in [3.63, 3.8) is 0 Å². The Morgan fingerprint density at radius 2 is 1.94 bits per heavy atom. The van der Waals surface area contributed by atoms with Gasteiger partial charge in [0.25, 0.3) is 5.56 Å². The molecule has 3 aromatic rings. The number of amides is 1. The molecule has 8 heteroatoms. The molecule has 0 radical (unpaired) electrons. The summed E-state index contributed by atoms with van der Waals surface area (Å²) in [6.45, 7) is 4.04. The molecular formula is C24H26N4O4. The standard InChI is InChI=1S/C24H26N4O4/c1-14(27-11-15-10-16(13-27)19-8-5-9-20(29)28(19)12-15)23(30)26-21-17-6-3-4-7-18(17)25-22(21)24(31)32-2/h3-9,14-16,25H,10-13H2,1-2H3,(H,26,30)/t14?,15-,16+/m1/s1. The Morgan fingerprint density at radius 1 is 1.12 bits per heavy atom. The minimum atomic E-state index is -0.529. The fraction of sp³-hybridized carbons (Fsp3) is 0.375. The summed E-state index contributed by atoms with van der Waals surface area (Å²) in [5.74, 6) is -0.148. The van der Waals surface area contributed by atoms with E-state index < -0.39 is 5.97 Å². The van der Waals surface area contributed by atoms with E-state index >= 15 is 0 Å². The summed E-state index contributed by atoms with van der Waals surface area (Å²) in [5.41, 5.74) is 2.53. The zero-order chi connectivity index (χ0) is 22.4. The number of para-hydroxylation sites is 1. The highest BCUT2D eigenvalue weighted by atomic mass is 16.5. The molecule has 1 amide bonds. The third kappa shape index (κ3) is 3.40. The molecule has 5 rings (SSSR count). The number of hydrogen-bond acceptors (Lipinski definition) is 5. The third-order valence-electron chi connectivity index (χ3n) is 6.78. The molecule has 0 saturated carbocycles. The molecule has 4 heterocycles. The van der Waals surface area contributed by atoms with Crippen molar-refractivity contribution in [2.45, 2.75) is 31.8 Å². The molecule has 1 fully saturated rings. The molecule has 32 heavy (non-hydrogen) atoms. The van der Waals surface area contributed by atoms with Crippen LogP contribution in [0.5, 0.6) is 0 Å². The Hall–Kier alpha value is -3.39. The molecule has 2 aliphatic heterocycles. The van der Waals surface area contributed by atoms with E-state index in [-0.39, 0.29) is 29.1 Å². The van der Waals surface area contributed by atoms with Gasteiger partial charge in [-0.25, -0.2) is 4.79 Å². The lowest BCUT2D eigenvalue weighted by atomic mass is 9.82. The first kappa shape index (κ1) is 20.5. The van der Waals surface area contributed by atoms with E-state index in [1.54, 1.807) is 6.07 Å². The highest BCUT2D eigenvalue weighted by Gasteiger charge is 2.37. The highest BCUT2D eigenvalue weighted by Crippen LogP contribution is 2.36. The average molecular weight is 434 g/mol. The van der Waals surface area contributed by atoms with Gasteiger partial charge in [0.05, 0.1) is 18.8 Å². The van der Waals surface area contributed by atoms with Crippen LogP contribution in [0.25, 0.3) is 10.9 Å². The van der Waals surface area contributed by atoms with Crippen molar-refractivity contribution in [1.29, 1.82) is 0 Å². The molecule has 1 aromatic carbocycles. The monoisotopic (exact) mass is 434 g/mol. The molecule has 2 aliphatic rings. The summed E-state index contributed by atoms with van der Waals surface area (Å²) in [6.07, 6.45) is 1.03. The number of carbonyl (C=O) groups excluding carboxylic acids is 2. The number of H-pyrrole nitrogens is 1. The number of carbonyl (C=O) groups is 2. The first-order valence-corrected chi connectivity index (χ1v) is 10.9. The van der Waals surface area contributed by atoms with E-state index in [1.165, 1.54) is 7.11 Å². The van der Waals surface area contributed by atoms with Gasteiger partial charge in [-0.2, -0.15) is 0 Å². The Bertz CT molecular complexity index is 1260. The van der Waals surface area contributed by atoms with Crippen LogP contribution >= 0.6 is 0 Å². The summed E-state index contributed by atoms with van der Waals surface area (Å²) in [4.78, 5) is 43.0. The van der Waals surface area contributed by atoms with Gasteiger partial charge < -0.3 is 19.6 Å². The number of benzene rings is 1. The summed E-state index contributed by atoms with van der Waals surface area (Å²) in [5, 5.41) is 3.73. The third-order valence-corrected chi connectivity index (χ3v) is 6.78. The van der Waals surface area contributed by atoms with Crippen molar-refractivity contribution in [1.82, 2.24) is 14.5 Å². The summed E-state index contributed by atoms with van der Waals surface area (Å²) < 4.78 is 6.78. The molecular weight excluding hydrogens is 408 g/mol. The minimum Gasteiger partial charge on any atom is -0.464 e. The van der Waals surface area contributed by atoms with Gasteiger partial charge in [0.15, 0.2) is 0 Å². The predicted molar refractivity (Wildman–Crippen MR) is 121 cm³/mol. The maximum atomic E-state index is 13.3. The molecule has 0 spiro atoms. The second kappa shape index (κ2) is 7.94. The summed E-state index contributed by atoms with van der Waals surface area (Å²) in [7, 11) is 1.32. The molecule has 1 unspecified atom stereocenters. The van der Waals surface area contributed by atoms with E-state index in [0.717, 1.165) is 29.6 Å². The number of rotatable bonds is 4. The van der Waals surface area contributed by atoms with Crippen LogP contribution in [0.15, 0.2) is 47.3 Å². The molecule has 1 saturated heterocycles. The van der Waals surface area contributed by atoms with Gasteiger partial charge in [0, 0.05) is 48.2 Å². The number of aromatic amines is 1. The molecule has 166 valence electrons. The number of nitrogens with one attached hydrogen (secondary N) is 2. The van der Waals surface area contributed by atoms with Gasteiger partial charge in [0.2, 0.25) is 5.91 Å². The Morgan fingerprint density at radius 3 is 2.75 bits per heavy atom. The van der Waals surface area contributed by atoms with Gasteiger partial charge in [0.1, 0.15) is 5.69 Å². The molecule has 0 aliphatic carbocycles. The number of aromatic nitrogens is 2. The molecule has 8 nitrogen and oxygen atoms in total. The number of methoxy groups -OCH3 is 1.